The topological polar surface area (TPSA) is 64.8 Å². The first kappa shape index (κ1) is 10.4. The molecule has 5 heteroatoms. The van der Waals surface area contributed by atoms with Crippen molar-refractivity contribution in [2.75, 3.05) is 24.7 Å². The summed E-state index contributed by atoms with van der Waals surface area (Å²) in [6, 6.07) is 5.46. The maximum atomic E-state index is 11.7. The summed E-state index contributed by atoms with van der Waals surface area (Å²) in [5.41, 5.74) is 6.60. The molecule has 1 aromatic carbocycles. The highest BCUT2D eigenvalue weighted by Gasteiger charge is 2.28. The highest BCUT2D eigenvalue weighted by Crippen LogP contribution is 2.34. The van der Waals surface area contributed by atoms with Gasteiger partial charge in [0.25, 0.3) is 0 Å². The van der Waals surface area contributed by atoms with Crippen LogP contribution in [0.4, 0.5) is 5.69 Å². The molecule has 0 saturated carbocycles. The summed E-state index contributed by atoms with van der Waals surface area (Å²) in [7, 11) is 0. The Labute approximate surface area is 99.1 Å². The fraction of sp³-hybridized carbons (Fsp3) is 0.417. The van der Waals surface area contributed by atoms with Crippen LogP contribution in [0.5, 0.6) is 11.5 Å². The Morgan fingerprint density at radius 3 is 2.71 bits per heavy atom. The van der Waals surface area contributed by atoms with Gasteiger partial charge in [0.05, 0.1) is 0 Å². The number of carbonyl (C=O) groups is 1. The van der Waals surface area contributed by atoms with Crippen molar-refractivity contribution in [1.82, 2.24) is 0 Å². The number of anilines is 1. The van der Waals surface area contributed by atoms with E-state index in [1.807, 2.05) is 18.2 Å². The standard InChI is InChI=1S/C12H14N2O3/c13-8-5-12(15)14(7-8)9-1-2-10-11(6-9)17-4-3-16-10/h1-2,6,8H,3-5,7,13H2. The van der Waals surface area contributed by atoms with E-state index >= 15 is 0 Å². The quantitative estimate of drug-likeness (QED) is 0.769. The number of carbonyl (C=O) groups excluding carboxylic acids is 1. The third kappa shape index (κ3) is 1.82. The Hall–Kier alpha value is -1.75. The fourth-order valence-corrected chi connectivity index (χ4v) is 2.18. The van der Waals surface area contributed by atoms with Crippen molar-refractivity contribution in [1.29, 1.82) is 0 Å². The molecule has 1 saturated heterocycles. The predicted octanol–water partition coefficient (Wildman–Crippen LogP) is 0.522. The number of fused-ring (bicyclic) bond motifs is 1. The monoisotopic (exact) mass is 234 g/mol. The van der Waals surface area contributed by atoms with Crippen molar-refractivity contribution in [2.24, 2.45) is 5.73 Å². The average Bonchev–Trinajstić information content (AvgIpc) is 2.68. The minimum atomic E-state index is -0.0734. The maximum Gasteiger partial charge on any atom is 0.228 e. The molecule has 1 aromatic rings. The molecule has 1 fully saturated rings. The van der Waals surface area contributed by atoms with Crippen molar-refractivity contribution in [3.8, 4) is 11.5 Å². The number of hydrogen-bond acceptors (Lipinski definition) is 4. The SMILES string of the molecule is NC1CC(=O)N(c2ccc3c(c2)OCCO3)C1. The van der Waals surface area contributed by atoms with Gasteiger partial charge in [0.2, 0.25) is 5.91 Å². The van der Waals surface area contributed by atoms with Crippen LogP contribution in [-0.2, 0) is 4.79 Å². The third-order valence-electron chi connectivity index (χ3n) is 2.99. The zero-order valence-corrected chi connectivity index (χ0v) is 9.39. The van der Waals surface area contributed by atoms with Crippen LogP contribution in [0.15, 0.2) is 18.2 Å². The molecule has 2 aliphatic heterocycles. The number of nitrogens with zero attached hydrogens (tertiary/aromatic N) is 1. The second-order valence-electron chi connectivity index (χ2n) is 4.30. The van der Waals surface area contributed by atoms with E-state index in [0.29, 0.717) is 31.9 Å². The number of benzene rings is 1. The van der Waals surface area contributed by atoms with E-state index in [2.05, 4.69) is 0 Å². The number of amides is 1. The number of nitrogens with two attached hydrogens (primary N) is 1. The van der Waals surface area contributed by atoms with Gasteiger partial charge in [-0.05, 0) is 12.1 Å². The molecular weight excluding hydrogens is 220 g/mol. The van der Waals surface area contributed by atoms with Gasteiger partial charge in [-0.25, -0.2) is 0 Å². The normalized spacial score (nSPS) is 23.0. The van der Waals surface area contributed by atoms with Crippen molar-refractivity contribution in [2.45, 2.75) is 12.5 Å². The van der Waals surface area contributed by atoms with Crippen LogP contribution in [0.2, 0.25) is 0 Å². The van der Waals surface area contributed by atoms with Crippen LogP contribution in [0, 0.1) is 0 Å². The average molecular weight is 234 g/mol. The van der Waals surface area contributed by atoms with E-state index in [1.54, 1.807) is 4.90 Å². The van der Waals surface area contributed by atoms with Crippen LogP contribution >= 0.6 is 0 Å². The van der Waals surface area contributed by atoms with Gasteiger partial charge >= 0.3 is 0 Å². The zero-order chi connectivity index (χ0) is 11.8. The zero-order valence-electron chi connectivity index (χ0n) is 9.39. The molecule has 0 aromatic heterocycles. The lowest BCUT2D eigenvalue weighted by Gasteiger charge is -2.22. The van der Waals surface area contributed by atoms with Crippen molar-refractivity contribution < 1.29 is 14.3 Å². The van der Waals surface area contributed by atoms with E-state index in [9.17, 15) is 4.79 Å². The lowest BCUT2D eigenvalue weighted by molar-refractivity contribution is -0.117. The summed E-state index contributed by atoms with van der Waals surface area (Å²) < 4.78 is 10.9. The highest BCUT2D eigenvalue weighted by atomic mass is 16.6. The van der Waals surface area contributed by atoms with E-state index in [4.69, 9.17) is 15.2 Å². The van der Waals surface area contributed by atoms with Gasteiger partial charge in [0.15, 0.2) is 11.5 Å². The second-order valence-corrected chi connectivity index (χ2v) is 4.30. The van der Waals surface area contributed by atoms with Crippen molar-refractivity contribution in [3.63, 3.8) is 0 Å². The molecule has 1 unspecified atom stereocenters. The molecular formula is C12H14N2O3. The van der Waals surface area contributed by atoms with Crippen LogP contribution in [-0.4, -0.2) is 31.7 Å². The smallest absolute Gasteiger partial charge is 0.228 e. The summed E-state index contributed by atoms with van der Waals surface area (Å²) >= 11 is 0. The Kier molecular flexibility index (Phi) is 2.40. The van der Waals surface area contributed by atoms with Gasteiger partial charge in [-0.2, -0.15) is 0 Å². The first-order valence-corrected chi connectivity index (χ1v) is 5.69. The molecule has 2 aliphatic rings. The molecule has 5 nitrogen and oxygen atoms in total. The second kappa shape index (κ2) is 3.92. The summed E-state index contributed by atoms with van der Waals surface area (Å²) in [5.74, 6) is 1.49. The van der Waals surface area contributed by atoms with E-state index in [0.717, 1.165) is 11.4 Å². The summed E-state index contributed by atoms with van der Waals surface area (Å²) in [6.45, 7) is 1.68. The summed E-state index contributed by atoms with van der Waals surface area (Å²) in [5, 5.41) is 0. The molecule has 0 bridgehead atoms. The Morgan fingerprint density at radius 2 is 2.00 bits per heavy atom. The number of rotatable bonds is 1. The molecule has 17 heavy (non-hydrogen) atoms. The molecule has 1 atom stereocenters. The number of hydrogen-bond donors (Lipinski definition) is 1. The molecule has 3 rings (SSSR count). The van der Waals surface area contributed by atoms with Crippen LogP contribution in [0.25, 0.3) is 0 Å². The van der Waals surface area contributed by atoms with E-state index in [-0.39, 0.29) is 11.9 Å². The molecule has 90 valence electrons. The fourth-order valence-electron chi connectivity index (χ4n) is 2.18. The lowest BCUT2D eigenvalue weighted by Crippen LogP contribution is -2.28. The highest BCUT2D eigenvalue weighted by molar-refractivity contribution is 5.96. The Balaban J connectivity index is 1.91. The number of ether oxygens (including phenoxy) is 2. The molecule has 2 N–H and O–H groups in total. The third-order valence-corrected chi connectivity index (χ3v) is 2.99. The van der Waals surface area contributed by atoms with Crippen LogP contribution < -0.4 is 20.1 Å². The van der Waals surface area contributed by atoms with E-state index < -0.39 is 0 Å². The summed E-state index contributed by atoms with van der Waals surface area (Å²) in [6.07, 6.45) is 0.411. The first-order valence-electron chi connectivity index (χ1n) is 5.69. The van der Waals surface area contributed by atoms with Gasteiger partial charge in [-0.3, -0.25) is 4.79 Å². The molecule has 0 aliphatic carbocycles. The van der Waals surface area contributed by atoms with Crippen molar-refractivity contribution in [3.05, 3.63) is 18.2 Å². The molecule has 1 amide bonds. The minimum absolute atomic E-state index is 0.0641. The van der Waals surface area contributed by atoms with E-state index in [1.165, 1.54) is 0 Å². The lowest BCUT2D eigenvalue weighted by atomic mass is 10.2. The maximum absolute atomic E-state index is 11.7. The van der Waals surface area contributed by atoms with Crippen molar-refractivity contribution >= 4 is 11.6 Å². The first-order chi connectivity index (χ1) is 8.24. The van der Waals surface area contributed by atoms with Crippen LogP contribution in [0.1, 0.15) is 6.42 Å². The Morgan fingerprint density at radius 1 is 1.24 bits per heavy atom. The predicted molar refractivity (Wildman–Crippen MR) is 62.4 cm³/mol. The molecule has 0 radical (unpaired) electrons. The molecule has 0 spiro atoms. The van der Waals surface area contributed by atoms with Gasteiger partial charge in [-0.15, -0.1) is 0 Å². The van der Waals surface area contributed by atoms with Gasteiger partial charge in [0, 0.05) is 30.8 Å². The largest absolute Gasteiger partial charge is 0.486 e. The van der Waals surface area contributed by atoms with Crippen LogP contribution in [0.3, 0.4) is 0 Å². The minimum Gasteiger partial charge on any atom is -0.486 e. The van der Waals surface area contributed by atoms with Gasteiger partial charge in [0.1, 0.15) is 13.2 Å². The van der Waals surface area contributed by atoms with Gasteiger partial charge in [-0.1, -0.05) is 0 Å². The Bertz CT molecular complexity index is 461. The molecule has 2 heterocycles. The summed E-state index contributed by atoms with van der Waals surface area (Å²) in [4.78, 5) is 13.4. The van der Waals surface area contributed by atoms with Gasteiger partial charge < -0.3 is 20.1 Å².